The number of ether oxygens (including phenoxy) is 1. The zero-order valence-corrected chi connectivity index (χ0v) is 10.6. The predicted octanol–water partition coefficient (Wildman–Crippen LogP) is 0.0863. The van der Waals surface area contributed by atoms with Gasteiger partial charge in [-0.2, -0.15) is 0 Å². The molecule has 1 aromatic heterocycles. The van der Waals surface area contributed by atoms with Crippen molar-refractivity contribution in [3.05, 3.63) is 18.2 Å². The predicted molar refractivity (Wildman–Crippen MR) is 64.3 cm³/mol. The molecule has 5 nitrogen and oxygen atoms in total. The van der Waals surface area contributed by atoms with Gasteiger partial charge in [-0.25, -0.2) is 4.98 Å². The number of nitrogens with zero attached hydrogens (tertiary/aromatic N) is 3. The molecular formula is C11H22N4O. The molecule has 0 saturated carbocycles. The molecule has 0 aromatic carbocycles. The molecule has 0 bridgehead atoms. The highest BCUT2D eigenvalue weighted by Gasteiger charge is 2.10. The maximum Gasteiger partial charge on any atom is 0.122 e. The molecule has 0 spiro atoms. The molecule has 0 radical (unpaired) electrons. The first-order chi connectivity index (χ1) is 7.67. The van der Waals surface area contributed by atoms with Crippen LogP contribution in [0.4, 0.5) is 0 Å². The van der Waals surface area contributed by atoms with Crippen LogP contribution in [0.5, 0.6) is 0 Å². The van der Waals surface area contributed by atoms with E-state index in [0.29, 0.717) is 6.04 Å². The molecule has 1 atom stereocenters. The van der Waals surface area contributed by atoms with Crippen LogP contribution in [0.1, 0.15) is 5.82 Å². The molecule has 1 aromatic rings. The summed E-state index contributed by atoms with van der Waals surface area (Å²) in [5.41, 5.74) is 0. The van der Waals surface area contributed by atoms with Crippen molar-refractivity contribution < 1.29 is 4.74 Å². The first kappa shape index (κ1) is 13.2. The van der Waals surface area contributed by atoms with E-state index in [2.05, 4.69) is 22.2 Å². The summed E-state index contributed by atoms with van der Waals surface area (Å²) in [5, 5.41) is 3.23. The van der Waals surface area contributed by atoms with E-state index in [-0.39, 0.29) is 0 Å². The van der Waals surface area contributed by atoms with Crippen LogP contribution < -0.4 is 5.32 Å². The van der Waals surface area contributed by atoms with E-state index in [0.717, 1.165) is 25.5 Å². The van der Waals surface area contributed by atoms with E-state index >= 15 is 0 Å². The van der Waals surface area contributed by atoms with Gasteiger partial charge in [0, 0.05) is 39.1 Å². The Morgan fingerprint density at radius 2 is 2.38 bits per heavy atom. The molecule has 16 heavy (non-hydrogen) atoms. The van der Waals surface area contributed by atoms with Crippen LogP contribution in [0.25, 0.3) is 0 Å². The van der Waals surface area contributed by atoms with Gasteiger partial charge in [0.1, 0.15) is 5.82 Å². The number of likely N-dealkylation sites (N-methyl/N-ethyl adjacent to an activating group) is 2. The van der Waals surface area contributed by atoms with Crippen molar-refractivity contribution in [1.29, 1.82) is 0 Å². The van der Waals surface area contributed by atoms with Crippen molar-refractivity contribution in [3.63, 3.8) is 0 Å². The standard InChI is InChI=1S/C11H22N4O/c1-12-10(9-16-4)7-14(2)8-11-13-5-6-15(11)3/h5-6,10,12H,7-9H2,1-4H3. The molecule has 1 rings (SSSR count). The molecule has 0 amide bonds. The Hall–Kier alpha value is -0.910. The molecule has 0 aliphatic rings. The molecule has 92 valence electrons. The minimum absolute atomic E-state index is 0.357. The highest BCUT2D eigenvalue weighted by molar-refractivity contribution is 4.90. The van der Waals surface area contributed by atoms with Crippen molar-refractivity contribution in [3.8, 4) is 0 Å². The maximum absolute atomic E-state index is 5.14. The van der Waals surface area contributed by atoms with Crippen LogP contribution >= 0.6 is 0 Å². The quantitative estimate of drug-likeness (QED) is 0.715. The van der Waals surface area contributed by atoms with Crippen LogP contribution in [0.15, 0.2) is 12.4 Å². The number of nitrogens with one attached hydrogen (secondary N) is 1. The Kier molecular flexibility index (Phi) is 5.45. The van der Waals surface area contributed by atoms with E-state index in [9.17, 15) is 0 Å². The molecule has 1 unspecified atom stereocenters. The lowest BCUT2D eigenvalue weighted by molar-refractivity contribution is 0.146. The van der Waals surface area contributed by atoms with E-state index in [1.54, 1.807) is 7.11 Å². The van der Waals surface area contributed by atoms with Crippen molar-refractivity contribution in [2.75, 3.05) is 34.4 Å². The fraction of sp³-hybridized carbons (Fsp3) is 0.727. The SMILES string of the molecule is CNC(COC)CN(C)Cc1nccn1C. The van der Waals surface area contributed by atoms with Crippen LogP contribution in [0.3, 0.4) is 0 Å². The summed E-state index contributed by atoms with van der Waals surface area (Å²) in [7, 11) is 7.79. The van der Waals surface area contributed by atoms with Crippen LogP contribution in [-0.4, -0.2) is 54.8 Å². The number of hydrogen-bond donors (Lipinski definition) is 1. The van der Waals surface area contributed by atoms with Crippen molar-refractivity contribution >= 4 is 0 Å². The minimum atomic E-state index is 0.357. The highest BCUT2D eigenvalue weighted by Crippen LogP contribution is 2.00. The Bertz CT molecular complexity index is 300. The van der Waals surface area contributed by atoms with Gasteiger partial charge >= 0.3 is 0 Å². The van der Waals surface area contributed by atoms with Crippen LogP contribution in [0.2, 0.25) is 0 Å². The smallest absolute Gasteiger partial charge is 0.122 e. The summed E-state index contributed by atoms with van der Waals surface area (Å²) in [6, 6.07) is 0.357. The molecule has 1 heterocycles. The molecule has 0 fully saturated rings. The number of hydrogen-bond acceptors (Lipinski definition) is 4. The lowest BCUT2D eigenvalue weighted by Crippen LogP contribution is -2.40. The van der Waals surface area contributed by atoms with Crippen LogP contribution in [0, 0.1) is 0 Å². The zero-order valence-electron chi connectivity index (χ0n) is 10.6. The van der Waals surface area contributed by atoms with Gasteiger partial charge in [0.05, 0.1) is 13.2 Å². The first-order valence-corrected chi connectivity index (χ1v) is 5.48. The molecule has 0 aliphatic carbocycles. The lowest BCUT2D eigenvalue weighted by Gasteiger charge is -2.22. The van der Waals surface area contributed by atoms with Crippen LogP contribution in [-0.2, 0) is 18.3 Å². The second kappa shape index (κ2) is 6.62. The fourth-order valence-electron chi connectivity index (χ4n) is 1.66. The summed E-state index contributed by atoms with van der Waals surface area (Å²) >= 11 is 0. The summed E-state index contributed by atoms with van der Waals surface area (Å²) in [5.74, 6) is 1.08. The van der Waals surface area contributed by atoms with Crippen molar-refractivity contribution in [2.45, 2.75) is 12.6 Å². The van der Waals surface area contributed by atoms with Gasteiger partial charge < -0.3 is 14.6 Å². The summed E-state index contributed by atoms with van der Waals surface area (Å²) in [4.78, 5) is 6.54. The number of imidazole rings is 1. The average Bonchev–Trinajstić information content (AvgIpc) is 2.64. The Morgan fingerprint density at radius 1 is 1.62 bits per heavy atom. The average molecular weight is 226 g/mol. The molecule has 0 saturated heterocycles. The third kappa shape index (κ3) is 3.92. The molecule has 0 aliphatic heterocycles. The van der Waals surface area contributed by atoms with Gasteiger partial charge in [-0.3, -0.25) is 4.90 Å². The van der Waals surface area contributed by atoms with E-state index in [4.69, 9.17) is 4.74 Å². The Labute approximate surface area is 97.4 Å². The van der Waals surface area contributed by atoms with E-state index in [1.807, 2.05) is 31.1 Å². The normalized spacial score (nSPS) is 13.3. The summed E-state index contributed by atoms with van der Waals surface area (Å²) < 4.78 is 7.19. The van der Waals surface area contributed by atoms with Gasteiger partial charge in [0.25, 0.3) is 0 Å². The number of aromatic nitrogens is 2. The van der Waals surface area contributed by atoms with E-state index in [1.165, 1.54) is 0 Å². The Balaban J connectivity index is 2.40. The largest absolute Gasteiger partial charge is 0.383 e. The van der Waals surface area contributed by atoms with Gasteiger partial charge in [-0.15, -0.1) is 0 Å². The second-order valence-corrected chi connectivity index (χ2v) is 4.09. The highest BCUT2D eigenvalue weighted by atomic mass is 16.5. The van der Waals surface area contributed by atoms with Crippen molar-refractivity contribution in [1.82, 2.24) is 19.8 Å². The van der Waals surface area contributed by atoms with Gasteiger partial charge in [-0.05, 0) is 14.1 Å². The summed E-state index contributed by atoms with van der Waals surface area (Å²) in [6.45, 7) is 2.52. The van der Waals surface area contributed by atoms with Gasteiger partial charge in [-0.1, -0.05) is 0 Å². The topological polar surface area (TPSA) is 42.3 Å². The molecule has 5 heteroatoms. The zero-order chi connectivity index (χ0) is 12.0. The first-order valence-electron chi connectivity index (χ1n) is 5.48. The third-order valence-corrected chi connectivity index (χ3v) is 2.64. The molecule has 1 N–H and O–H groups in total. The monoisotopic (exact) mass is 226 g/mol. The third-order valence-electron chi connectivity index (χ3n) is 2.64. The van der Waals surface area contributed by atoms with Gasteiger partial charge in [0.15, 0.2) is 0 Å². The molecular weight excluding hydrogens is 204 g/mol. The maximum atomic E-state index is 5.14. The van der Waals surface area contributed by atoms with Gasteiger partial charge in [0.2, 0.25) is 0 Å². The summed E-state index contributed by atoms with van der Waals surface area (Å²) in [6.07, 6.45) is 3.79. The van der Waals surface area contributed by atoms with Crippen molar-refractivity contribution in [2.24, 2.45) is 7.05 Å². The fourth-order valence-corrected chi connectivity index (χ4v) is 1.66. The van der Waals surface area contributed by atoms with E-state index < -0.39 is 0 Å². The Morgan fingerprint density at radius 3 is 2.88 bits per heavy atom. The lowest BCUT2D eigenvalue weighted by atomic mass is 10.3. The minimum Gasteiger partial charge on any atom is -0.383 e. The second-order valence-electron chi connectivity index (χ2n) is 4.09. The number of methoxy groups -OCH3 is 1. The number of rotatable bonds is 7. The number of aryl methyl sites for hydroxylation is 1.